The van der Waals surface area contributed by atoms with Crippen molar-refractivity contribution in [3.8, 4) is 0 Å². The predicted octanol–water partition coefficient (Wildman–Crippen LogP) is 5.74. The van der Waals surface area contributed by atoms with E-state index in [-0.39, 0.29) is 11.8 Å². The van der Waals surface area contributed by atoms with Gasteiger partial charge >= 0.3 is 0 Å². The number of rotatable bonds is 7. The molecule has 2 N–H and O–H groups in total. The fraction of sp³-hybridized carbons (Fsp3) is 0.200. The molecule has 0 heterocycles. The van der Waals surface area contributed by atoms with Crippen molar-refractivity contribution in [1.29, 1.82) is 0 Å². The van der Waals surface area contributed by atoms with Crippen LogP contribution in [-0.2, 0) is 10.5 Å². The highest BCUT2D eigenvalue weighted by Gasteiger charge is 2.09. The molecule has 0 atom stereocenters. The lowest BCUT2D eigenvalue weighted by Gasteiger charge is -2.12. The summed E-state index contributed by atoms with van der Waals surface area (Å²) in [6, 6.07) is 21.0. The van der Waals surface area contributed by atoms with E-state index in [4.69, 9.17) is 0 Å². The van der Waals surface area contributed by atoms with Crippen LogP contribution in [0, 0.1) is 20.8 Å². The number of thioether (sulfide) groups is 1. The Morgan fingerprint density at radius 1 is 0.833 bits per heavy atom. The van der Waals surface area contributed by atoms with Crippen LogP contribution in [0.1, 0.15) is 32.6 Å². The third-order valence-electron chi connectivity index (χ3n) is 4.69. The van der Waals surface area contributed by atoms with Gasteiger partial charge in [0.1, 0.15) is 0 Å². The van der Waals surface area contributed by atoms with Gasteiger partial charge in [0.05, 0.1) is 5.75 Å². The van der Waals surface area contributed by atoms with Crippen molar-refractivity contribution < 1.29 is 9.59 Å². The molecule has 0 aliphatic heterocycles. The van der Waals surface area contributed by atoms with E-state index in [0.717, 1.165) is 28.1 Å². The van der Waals surface area contributed by atoms with Crippen LogP contribution < -0.4 is 10.6 Å². The normalized spacial score (nSPS) is 10.5. The lowest BCUT2D eigenvalue weighted by molar-refractivity contribution is -0.113. The number of carbonyl (C=O) groups is 2. The van der Waals surface area contributed by atoms with Crippen molar-refractivity contribution in [2.45, 2.75) is 26.5 Å². The first-order chi connectivity index (χ1) is 14.4. The Balaban J connectivity index is 1.48. The number of carbonyl (C=O) groups excluding carboxylic acids is 2. The minimum atomic E-state index is -0.136. The van der Waals surface area contributed by atoms with Gasteiger partial charge in [-0.05, 0) is 61.7 Å². The summed E-state index contributed by atoms with van der Waals surface area (Å²) in [5, 5.41) is 5.90. The maximum atomic E-state index is 12.3. The Bertz CT molecular complexity index is 1010. The Kier molecular flexibility index (Phi) is 7.31. The fourth-order valence-electron chi connectivity index (χ4n) is 3.29. The Morgan fingerprint density at radius 2 is 1.47 bits per heavy atom. The molecule has 3 aromatic carbocycles. The van der Waals surface area contributed by atoms with Gasteiger partial charge in [-0.3, -0.25) is 9.59 Å². The first-order valence-corrected chi connectivity index (χ1v) is 11.0. The Hall–Kier alpha value is -3.05. The largest absolute Gasteiger partial charge is 0.325 e. The van der Waals surface area contributed by atoms with Crippen LogP contribution in [0.5, 0.6) is 0 Å². The SMILES string of the molecule is Cc1cc(C)c(NC(=O)CSCc2ccc(C(=O)Nc3ccccc3)cc2)c(C)c1. The molecule has 2 amide bonds. The van der Waals surface area contributed by atoms with Gasteiger partial charge in [-0.2, -0.15) is 0 Å². The second kappa shape index (κ2) is 10.1. The summed E-state index contributed by atoms with van der Waals surface area (Å²) in [4.78, 5) is 24.6. The van der Waals surface area contributed by atoms with E-state index >= 15 is 0 Å². The molecular formula is C25H26N2O2S. The summed E-state index contributed by atoms with van der Waals surface area (Å²) < 4.78 is 0. The fourth-order valence-corrected chi connectivity index (χ4v) is 4.08. The minimum absolute atomic E-state index is 0.00564. The number of benzene rings is 3. The number of hydrogen-bond acceptors (Lipinski definition) is 3. The molecule has 0 radical (unpaired) electrons. The molecule has 5 heteroatoms. The second-order valence-corrected chi connectivity index (χ2v) is 8.32. The molecule has 0 saturated carbocycles. The second-order valence-electron chi connectivity index (χ2n) is 7.33. The molecule has 30 heavy (non-hydrogen) atoms. The topological polar surface area (TPSA) is 58.2 Å². The van der Waals surface area contributed by atoms with E-state index in [9.17, 15) is 9.59 Å². The molecule has 154 valence electrons. The van der Waals surface area contributed by atoms with E-state index in [0.29, 0.717) is 17.1 Å². The molecule has 0 saturated heterocycles. The van der Waals surface area contributed by atoms with Crippen molar-refractivity contribution in [2.75, 3.05) is 16.4 Å². The molecule has 0 aliphatic rings. The van der Waals surface area contributed by atoms with Crippen LogP contribution in [0.3, 0.4) is 0 Å². The van der Waals surface area contributed by atoms with Crippen LogP contribution in [0.25, 0.3) is 0 Å². The van der Waals surface area contributed by atoms with Gasteiger partial charge in [0, 0.05) is 22.7 Å². The van der Waals surface area contributed by atoms with Crippen molar-refractivity contribution in [3.63, 3.8) is 0 Å². The average molecular weight is 419 g/mol. The van der Waals surface area contributed by atoms with Crippen molar-refractivity contribution >= 4 is 35.0 Å². The molecule has 0 spiro atoms. The highest BCUT2D eigenvalue weighted by Crippen LogP contribution is 2.22. The highest BCUT2D eigenvalue weighted by molar-refractivity contribution is 7.99. The Morgan fingerprint density at radius 3 is 2.10 bits per heavy atom. The van der Waals surface area contributed by atoms with E-state index in [1.54, 1.807) is 11.8 Å². The summed E-state index contributed by atoms with van der Waals surface area (Å²) in [6.45, 7) is 6.08. The van der Waals surface area contributed by atoms with Gasteiger partial charge in [0.2, 0.25) is 5.91 Å². The van der Waals surface area contributed by atoms with Crippen molar-refractivity contribution in [1.82, 2.24) is 0 Å². The zero-order valence-electron chi connectivity index (χ0n) is 17.5. The van der Waals surface area contributed by atoms with E-state index in [1.165, 1.54) is 5.56 Å². The first kappa shape index (κ1) is 21.7. The smallest absolute Gasteiger partial charge is 0.255 e. The summed E-state index contributed by atoms with van der Waals surface area (Å²) in [6.07, 6.45) is 0. The van der Waals surface area contributed by atoms with Crippen LogP contribution in [0.4, 0.5) is 11.4 Å². The molecular weight excluding hydrogens is 392 g/mol. The van der Waals surface area contributed by atoms with Gasteiger partial charge in [-0.15, -0.1) is 11.8 Å². The van der Waals surface area contributed by atoms with E-state index in [1.807, 2.05) is 68.4 Å². The number of amides is 2. The zero-order valence-corrected chi connectivity index (χ0v) is 18.3. The van der Waals surface area contributed by atoms with Gasteiger partial charge in [0.15, 0.2) is 0 Å². The van der Waals surface area contributed by atoms with E-state index < -0.39 is 0 Å². The quantitative estimate of drug-likeness (QED) is 0.515. The highest BCUT2D eigenvalue weighted by atomic mass is 32.2. The number of aryl methyl sites for hydroxylation is 3. The van der Waals surface area contributed by atoms with Crippen LogP contribution in [-0.4, -0.2) is 17.6 Å². The van der Waals surface area contributed by atoms with Gasteiger partial charge < -0.3 is 10.6 Å². The predicted molar refractivity (Wildman–Crippen MR) is 126 cm³/mol. The minimum Gasteiger partial charge on any atom is -0.325 e. The van der Waals surface area contributed by atoms with Crippen LogP contribution in [0.15, 0.2) is 66.7 Å². The van der Waals surface area contributed by atoms with Crippen LogP contribution >= 0.6 is 11.8 Å². The van der Waals surface area contributed by atoms with Crippen LogP contribution in [0.2, 0.25) is 0 Å². The molecule has 0 fully saturated rings. The summed E-state index contributed by atoms with van der Waals surface area (Å²) >= 11 is 1.55. The molecule has 3 rings (SSSR count). The summed E-state index contributed by atoms with van der Waals surface area (Å²) in [5.74, 6) is 0.945. The lowest BCUT2D eigenvalue weighted by Crippen LogP contribution is -2.16. The molecule has 0 aliphatic carbocycles. The number of para-hydroxylation sites is 1. The lowest BCUT2D eigenvalue weighted by atomic mass is 10.1. The number of hydrogen-bond donors (Lipinski definition) is 2. The molecule has 0 aromatic heterocycles. The van der Waals surface area contributed by atoms with Gasteiger partial charge in [-0.1, -0.05) is 48.0 Å². The molecule has 0 unspecified atom stereocenters. The monoisotopic (exact) mass is 418 g/mol. The third-order valence-corrected chi connectivity index (χ3v) is 5.69. The maximum Gasteiger partial charge on any atom is 0.255 e. The van der Waals surface area contributed by atoms with Crippen molar-refractivity contribution in [2.24, 2.45) is 0 Å². The average Bonchev–Trinajstić information content (AvgIpc) is 2.72. The first-order valence-electron chi connectivity index (χ1n) is 9.83. The van der Waals surface area contributed by atoms with Gasteiger partial charge in [-0.25, -0.2) is 0 Å². The van der Waals surface area contributed by atoms with E-state index in [2.05, 4.69) is 29.7 Å². The number of anilines is 2. The summed E-state index contributed by atoms with van der Waals surface area (Å²) in [5.41, 5.74) is 6.71. The Labute approximate surface area is 182 Å². The number of nitrogens with one attached hydrogen (secondary N) is 2. The summed E-state index contributed by atoms with van der Waals surface area (Å²) in [7, 11) is 0. The molecule has 3 aromatic rings. The maximum absolute atomic E-state index is 12.3. The van der Waals surface area contributed by atoms with Crippen molar-refractivity contribution in [3.05, 3.63) is 94.5 Å². The standard InChI is InChI=1S/C25H26N2O2S/c1-17-13-18(2)24(19(3)14-17)27-23(28)16-30-15-20-9-11-21(12-10-20)25(29)26-22-7-5-4-6-8-22/h4-14H,15-16H2,1-3H3,(H,26,29)(H,27,28). The molecule has 0 bridgehead atoms. The van der Waals surface area contributed by atoms with Gasteiger partial charge in [0.25, 0.3) is 5.91 Å². The third kappa shape index (κ3) is 5.97. The zero-order chi connectivity index (χ0) is 21.5. The molecule has 4 nitrogen and oxygen atoms in total.